The Labute approximate surface area is 124 Å². The fourth-order valence-electron chi connectivity index (χ4n) is 1.71. The van der Waals surface area contributed by atoms with Gasteiger partial charge in [-0.3, -0.25) is 10.1 Å². The molecule has 0 aliphatic carbocycles. The summed E-state index contributed by atoms with van der Waals surface area (Å²) < 4.78 is 0. The molecule has 0 radical (unpaired) electrons. The lowest BCUT2D eigenvalue weighted by atomic mass is 10.1. The van der Waals surface area contributed by atoms with Crippen LogP contribution in [0.3, 0.4) is 0 Å². The molecule has 7 nitrogen and oxygen atoms in total. The summed E-state index contributed by atoms with van der Waals surface area (Å²) in [6.45, 7) is 0.0957. The van der Waals surface area contributed by atoms with Crippen LogP contribution >= 0.6 is 11.6 Å². The van der Waals surface area contributed by atoms with Crippen molar-refractivity contribution >= 4 is 23.0 Å². The van der Waals surface area contributed by atoms with Gasteiger partial charge in [-0.1, -0.05) is 11.6 Å². The van der Waals surface area contributed by atoms with Gasteiger partial charge in [-0.05, 0) is 24.3 Å². The van der Waals surface area contributed by atoms with Gasteiger partial charge in [0.1, 0.15) is 5.02 Å². The minimum absolute atomic E-state index is 0.0238. The molecular formula is C13H11ClN2O5. The van der Waals surface area contributed by atoms with Crippen LogP contribution < -0.4 is 5.32 Å². The standard InChI is InChI=1S/C13H11ClN2O5/c14-9-3-2-8(5-10(9)16(20)21)15-6-7-1-4-11(17)13(19)12(7)18/h1-5,15,17-19H,6H2. The zero-order valence-electron chi connectivity index (χ0n) is 10.6. The van der Waals surface area contributed by atoms with Crippen LogP contribution in [0.25, 0.3) is 0 Å². The van der Waals surface area contributed by atoms with Crippen LogP contribution in [0.5, 0.6) is 17.2 Å². The third-order valence-electron chi connectivity index (χ3n) is 2.84. The quantitative estimate of drug-likeness (QED) is 0.392. The Kier molecular flexibility index (Phi) is 4.04. The van der Waals surface area contributed by atoms with E-state index in [4.69, 9.17) is 11.6 Å². The summed E-state index contributed by atoms with van der Waals surface area (Å²) in [7, 11) is 0. The number of nitrogens with one attached hydrogen (secondary N) is 1. The average Bonchev–Trinajstić information content (AvgIpc) is 2.45. The molecule has 0 aromatic heterocycles. The van der Waals surface area contributed by atoms with Crippen molar-refractivity contribution in [2.45, 2.75) is 6.54 Å². The Morgan fingerprint density at radius 1 is 1.14 bits per heavy atom. The van der Waals surface area contributed by atoms with Crippen LogP contribution in [-0.4, -0.2) is 20.2 Å². The molecular weight excluding hydrogens is 300 g/mol. The SMILES string of the molecule is O=[N+]([O-])c1cc(NCc2ccc(O)c(O)c2O)ccc1Cl. The van der Waals surface area contributed by atoms with E-state index < -0.39 is 22.2 Å². The molecule has 0 amide bonds. The molecule has 2 aromatic rings. The fraction of sp³-hybridized carbons (Fsp3) is 0.0769. The first kappa shape index (κ1) is 14.7. The summed E-state index contributed by atoms with van der Waals surface area (Å²) in [6.07, 6.45) is 0. The molecule has 0 atom stereocenters. The first-order valence-electron chi connectivity index (χ1n) is 5.80. The van der Waals surface area contributed by atoms with Crippen molar-refractivity contribution in [3.63, 3.8) is 0 Å². The maximum Gasteiger partial charge on any atom is 0.289 e. The Morgan fingerprint density at radius 2 is 1.86 bits per heavy atom. The van der Waals surface area contributed by atoms with Crippen LogP contribution in [-0.2, 0) is 6.54 Å². The van der Waals surface area contributed by atoms with E-state index in [1.807, 2.05) is 0 Å². The van der Waals surface area contributed by atoms with Gasteiger partial charge in [0.2, 0.25) is 5.75 Å². The van der Waals surface area contributed by atoms with Crippen LogP contribution in [0.4, 0.5) is 11.4 Å². The van der Waals surface area contributed by atoms with Gasteiger partial charge in [-0.2, -0.15) is 0 Å². The van der Waals surface area contributed by atoms with Gasteiger partial charge in [0.25, 0.3) is 5.69 Å². The second-order valence-electron chi connectivity index (χ2n) is 4.22. The lowest BCUT2D eigenvalue weighted by Gasteiger charge is -2.10. The molecule has 0 aliphatic rings. The number of nitro groups is 1. The summed E-state index contributed by atoms with van der Waals surface area (Å²) in [4.78, 5) is 10.2. The average molecular weight is 311 g/mol. The minimum atomic E-state index is -0.614. The van der Waals surface area contributed by atoms with Crippen molar-refractivity contribution < 1.29 is 20.2 Å². The molecule has 8 heteroatoms. The van der Waals surface area contributed by atoms with E-state index in [2.05, 4.69) is 5.32 Å². The molecule has 0 saturated carbocycles. The lowest BCUT2D eigenvalue weighted by molar-refractivity contribution is -0.384. The third-order valence-corrected chi connectivity index (χ3v) is 3.16. The van der Waals surface area contributed by atoms with Crippen LogP contribution in [0.15, 0.2) is 30.3 Å². The molecule has 0 saturated heterocycles. The molecule has 0 spiro atoms. The normalized spacial score (nSPS) is 10.3. The summed E-state index contributed by atoms with van der Waals surface area (Å²) >= 11 is 5.70. The smallest absolute Gasteiger partial charge is 0.289 e. The van der Waals surface area contributed by atoms with Crippen molar-refractivity contribution in [2.24, 2.45) is 0 Å². The highest BCUT2D eigenvalue weighted by Gasteiger charge is 2.14. The van der Waals surface area contributed by atoms with Gasteiger partial charge in [0.15, 0.2) is 11.5 Å². The highest BCUT2D eigenvalue weighted by atomic mass is 35.5. The summed E-state index contributed by atoms with van der Waals surface area (Å²) in [5.74, 6) is -1.50. The number of rotatable bonds is 4. The lowest BCUT2D eigenvalue weighted by Crippen LogP contribution is -2.00. The van der Waals surface area contributed by atoms with Crippen LogP contribution in [0.2, 0.25) is 5.02 Å². The highest BCUT2D eigenvalue weighted by molar-refractivity contribution is 6.32. The van der Waals surface area contributed by atoms with E-state index in [1.165, 1.54) is 24.3 Å². The van der Waals surface area contributed by atoms with Crippen LogP contribution in [0.1, 0.15) is 5.56 Å². The van der Waals surface area contributed by atoms with Crippen molar-refractivity contribution in [1.82, 2.24) is 0 Å². The molecule has 4 N–H and O–H groups in total. The molecule has 21 heavy (non-hydrogen) atoms. The van der Waals surface area contributed by atoms with Gasteiger partial charge in [-0.15, -0.1) is 0 Å². The molecule has 0 unspecified atom stereocenters. The first-order chi connectivity index (χ1) is 9.90. The van der Waals surface area contributed by atoms with E-state index >= 15 is 0 Å². The minimum Gasteiger partial charge on any atom is -0.504 e. The summed E-state index contributed by atoms with van der Waals surface area (Å²) in [6, 6.07) is 6.85. The van der Waals surface area contributed by atoms with Gasteiger partial charge in [-0.25, -0.2) is 0 Å². The Bertz CT molecular complexity index is 705. The van der Waals surface area contributed by atoms with E-state index in [9.17, 15) is 25.4 Å². The number of hydrogen-bond acceptors (Lipinski definition) is 6. The van der Waals surface area contributed by atoms with E-state index in [-0.39, 0.29) is 17.3 Å². The van der Waals surface area contributed by atoms with Crippen molar-refractivity contribution in [1.29, 1.82) is 0 Å². The van der Waals surface area contributed by atoms with Gasteiger partial charge < -0.3 is 20.6 Å². The number of hydrogen-bond donors (Lipinski definition) is 4. The number of halogens is 1. The highest BCUT2D eigenvalue weighted by Crippen LogP contribution is 2.37. The van der Waals surface area contributed by atoms with Crippen LogP contribution in [0, 0.1) is 10.1 Å². The molecule has 0 fully saturated rings. The Hall–Kier alpha value is -2.67. The topological polar surface area (TPSA) is 116 Å². The monoisotopic (exact) mass is 310 g/mol. The van der Waals surface area contributed by atoms with Crippen molar-refractivity contribution in [2.75, 3.05) is 5.32 Å². The number of nitrogens with zero attached hydrogens (tertiary/aromatic N) is 1. The maximum absolute atomic E-state index is 10.8. The third kappa shape index (κ3) is 3.09. The number of benzene rings is 2. The zero-order valence-corrected chi connectivity index (χ0v) is 11.3. The van der Waals surface area contributed by atoms with E-state index in [1.54, 1.807) is 6.07 Å². The molecule has 0 bridgehead atoms. The summed E-state index contributed by atoms with van der Waals surface area (Å²) in [5, 5.41) is 41.9. The van der Waals surface area contributed by atoms with Gasteiger partial charge in [0, 0.05) is 23.9 Å². The Balaban J connectivity index is 2.19. The van der Waals surface area contributed by atoms with E-state index in [0.29, 0.717) is 11.3 Å². The summed E-state index contributed by atoms with van der Waals surface area (Å²) in [5.41, 5.74) is 0.514. The predicted molar refractivity (Wildman–Crippen MR) is 76.9 cm³/mol. The molecule has 2 rings (SSSR count). The fourth-order valence-corrected chi connectivity index (χ4v) is 1.90. The zero-order chi connectivity index (χ0) is 15.6. The Morgan fingerprint density at radius 3 is 2.52 bits per heavy atom. The first-order valence-corrected chi connectivity index (χ1v) is 6.18. The molecule has 0 aliphatic heterocycles. The van der Waals surface area contributed by atoms with Crippen molar-refractivity contribution in [3.05, 3.63) is 51.0 Å². The molecule has 2 aromatic carbocycles. The number of anilines is 1. The maximum atomic E-state index is 10.8. The molecule has 110 valence electrons. The van der Waals surface area contributed by atoms with Gasteiger partial charge >= 0.3 is 0 Å². The second kappa shape index (κ2) is 5.76. The van der Waals surface area contributed by atoms with Crippen molar-refractivity contribution in [3.8, 4) is 17.2 Å². The largest absolute Gasteiger partial charge is 0.504 e. The van der Waals surface area contributed by atoms with Gasteiger partial charge in [0.05, 0.1) is 4.92 Å². The van der Waals surface area contributed by atoms with E-state index in [0.717, 1.165) is 0 Å². The second-order valence-corrected chi connectivity index (χ2v) is 4.63. The number of phenols is 3. The molecule has 0 heterocycles. The number of phenolic OH excluding ortho intramolecular Hbond substituents is 3. The predicted octanol–water partition coefficient (Wildman–Crippen LogP) is 2.98. The number of aromatic hydroxyl groups is 3. The number of nitro benzene ring substituents is 1.